The second-order valence-corrected chi connectivity index (χ2v) is 8.66. The van der Waals surface area contributed by atoms with Crippen molar-refractivity contribution < 1.29 is 22.7 Å². The van der Waals surface area contributed by atoms with Gasteiger partial charge in [0.15, 0.2) is 9.84 Å². The molecule has 0 bridgehead atoms. The monoisotopic (exact) mass is 400 g/mol. The van der Waals surface area contributed by atoms with Gasteiger partial charge in [0, 0.05) is 5.57 Å². The summed E-state index contributed by atoms with van der Waals surface area (Å²) in [5, 5.41) is 0. The average molecular weight is 400 g/mol. The summed E-state index contributed by atoms with van der Waals surface area (Å²) in [7, 11) is -3.46. The molecule has 28 heavy (non-hydrogen) atoms. The summed E-state index contributed by atoms with van der Waals surface area (Å²) in [5.41, 5.74) is 2.71. The van der Waals surface area contributed by atoms with Crippen LogP contribution in [0.15, 0.2) is 52.9 Å². The predicted molar refractivity (Wildman–Crippen MR) is 109 cm³/mol. The summed E-state index contributed by atoms with van der Waals surface area (Å²) in [6.07, 6.45) is 2.73. The first-order valence-corrected chi connectivity index (χ1v) is 11.1. The number of fused-ring (bicyclic) bond motifs is 1. The molecule has 0 fully saturated rings. The van der Waals surface area contributed by atoms with E-state index in [1.807, 2.05) is 24.3 Å². The van der Waals surface area contributed by atoms with Crippen LogP contribution in [0, 0.1) is 0 Å². The van der Waals surface area contributed by atoms with Gasteiger partial charge in [-0.3, -0.25) is 0 Å². The first-order chi connectivity index (χ1) is 13.4. The molecule has 0 aromatic heterocycles. The Hall–Kier alpha value is -2.60. The number of rotatable bonds is 6. The van der Waals surface area contributed by atoms with Crippen molar-refractivity contribution in [3.63, 3.8) is 0 Å². The van der Waals surface area contributed by atoms with Crippen molar-refractivity contribution in [2.75, 3.05) is 19.0 Å². The van der Waals surface area contributed by atoms with E-state index in [0.29, 0.717) is 17.7 Å². The largest absolute Gasteiger partial charge is 0.494 e. The van der Waals surface area contributed by atoms with Crippen molar-refractivity contribution in [2.45, 2.75) is 31.6 Å². The Bertz CT molecular complexity index is 988. The maximum Gasteiger partial charge on any atom is 0.334 e. The van der Waals surface area contributed by atoms with E-state index in [1.165, 1.54) is 0 Å². The number of carbonyl (C=O) groups is 1. The van der Waals surface area contributed by atoms with E-state index in [-0.39, 0.29) is 23.7 Å². The molecule has 0 amide bonds. The van der Waals surface area contributed by atoms with Gasteiger partial charge < -0.3 is 9.47 Å². The minimum absolute atomic E-state index is 0.104. The number of hydrogen-bond donors (Lipinski definition) is 0. The maximum absolute atomic E-state index is 12.6. The molecule has 0 atom stereocenters. The van der Waals surface area contributed by atoms with Gasteiger partial charge in [0.25, 0.3) is 0 Å². The molecular formula is C22H24O5S. The quantitative estimate of drug-likeness (QED) is 0.678. The summed E-state index contributed by atoms with van der Waals surface area (Å²) in [4.78, 5) is 12.4. The van der Waals surface area contributed by atoms with Crippen molar-refractivity contribution in [2.24, 2.45) is 0 Å². The zero-order valence-electron chi connectivity index (χ0n) is 16.1. The van der Waals surface area contributed by atoms with Crippen LogP contribution in [0.5, 0.6) is 5.75 Å². The van der Waals surface area contributed by atoms with E-state index in [1.54, 1.807) is 31.2 Å². The lowest BCUT2D eigenvalue weighted by atomic mass is 10.0. The maximum atomic E-state index is 12.6. The van der Waals surface area contributed by atoms with E-state index in [9.17, 15) is 13.2 Å². The second-order valence-electron chi connectivity index (χ2n) is 6.58. The molecule has 0 radical (unpaired) electrons. The summed E-state index contributed by atoms with van der Waals surface area (Å²) < 4.78 is 35.9. The minimum atomic E-state index is -3.46. The molecule has 6 heteroatoms. The van der Waals surface area contributed by atoms with E-state index < -0.39 is 15.8 Å². The van der Waals surface area contributed by atoms with E-state index >= 15 is 0 Å². The molecule has 0 aliphatic carbocycles. The van der Waals surface area contributed by atoms with Gasteiger partial charge in [-0.15, -0.1) is 0 Å². The molecule has 1 heterocycles. The molecule has 0 unspecified atom stereocenters. The Morgan fingerprint density at radius 2 is 1.75 bits per heavy atom. The molecule has 1 aliphatic rings. The van der Waals surface area contributed by atoms with Crippen LogP contribution in [0.25, 0.3) is 17.2 Å². The number of hydrogen-bond acceptors (Lipinski definition) is 5. The van der Waals surface area contributed by atoms with Crippen LogP contribution in [0.2, 0.25) is 0 Å². The fourth-order valence-electron chi connectivity index (χ4n) is 3.09. The topological polar surface area (TPSA) is 69.7 Å². The van der Waals surface area contributed by atoms with Crippen LogP contribution in [0.3, 0.4) is 0 Å². The van der Waals surface area contributed by atoms with E-state index in [2.05, 4.69) is 6.92 Å². The molecule has 0 saturated carbocycles. The summed E-state index contributed by atoms with van der Waals surface area (Å²) in [6.45, 7) is 4.70. The number of ether oxygens (including phenoxy) is 2. The van der Waals surface area contributed by atoms with E-state index in [0.717, 1.165) is 23.3 Å². The molecule has 3 rings (SSSR count). The Kier molecular flexibility index (Phi) is 6.19. The highest BCUT2D eigenvalue weighted by Crippen LogP contribution is 2.31. The molecule has 5 nitrogen and oxygen atoms in total. The molecule has 1 aliphatic heterocycles. The molecule has 2 aromatic rings. The zero-order chi connectivity index (χ0) is 20.1. The smallest absolute Gasteiger partial charge is 0.334 e. The molecule has 148 valence electrons. The lowest BCUT2D eigenvalue weighted by Crippen LogP contribution is -2.11. The second kappa shape index (κ2) is 8.61. The predicted octanol–water partition coefficient (Wildman–Crippen LogP) is 4.27. The molecule has 0 N–H and O–H groups in total. The fourth-order valence-corrected chi connectivity index (χ4v) is 4.55. The van der Waals surface area contributed by atoms with Crippen LogP contribution in [0.1, 0.15) is 32.3 Å². The molecule has 2 aromatic carbocycles. The highest BCUT2D eigenvalue weighted by Gasteiger charge is 2.25. The van der Waals surface area contributed by atoms with Crippen LogP contribution in [-0.4, -0.2) is 33.4 Å². The van der Waals surface area contributed by atoms with Gasteiger partial charge in [0.2, 0.25) is 0 Å². The summed E-state index contributed by atoms with van der Waals surface area (Å²) >= 11 is 0. The SMILES string of the molecule is CCCOc1ccc(-c2ccc3c(c2)C=C(C(=O)OCC)CCS3(=O)=O)cc1. The third-order valence-corrected chi connectivity index (χ3v) is 6.30. The van der Waals surface area contributed by atoms with Crippen molar-refractivity contribution in [3.05, 3.63) is 53.6 Å². The Morgan fingerprint density at radius 3 is 2.43 bits per heavy atom. The number of carbonyl (C=O) groups excluding carboxylic acids is 1. The van der Waals surface area contributed by atoms with Crippen molar-refractivity contribution >= 4 is 21.9 Å². The standard InChI is InChI=1S/C22H24O5S/c1-3-12-27-20-8-5-16(6-9-20)17-7-10-21-19(14-17)15-18(22(23)26-4-2)11-13-28(21,24)25/h5-10,14-15H,3-4,11-13H2,1-2H3. The van der Waals surface area contributed by atoms with Crippen molar-refractivity contribution in [1.82, 2.24) is 0 Å². The summed E-state index contributed by atoms with van der Waals surface area (Å²) in [6, 6.07) is 12.9. The Labute approximate surface area is 165 Å². The highest BCUT2D eigenvalue weighted by molar-refractivity contribution is 7.91. The third kappa shape index (κ3) is 4.44. The fraction of sp³-hybridized carbons (Fsp3) is 0.318. The van der Waals surface area contributed by atoms with Crippen LogP contribution < -0.4 is 4.74 Å². The minimum Gasteiger partial charge on any atom is -0.494 e. The van der Waals surface area contributed by atoms with Crippen LogP contribution >= 0.6 is 0 Å². The number of sulfone groups is 1. The van der Waals surface area contributed by atoms with Gasteiger partial charge in [0.05, 0.1) is 23.9 Å². The first-order valence-electron chi connectivity index (χ1n) is 9.42. The average Bonchev–Trinajstić information content (AvgIpc) is 2.82. The van der Waals surface area contributed by atoms with Crippen molar-refractivity contribution in [1.29, 1.82) is 0 Å². The normalized spacial score (nSPS) is 15.1. The van der Waals surface area contributed by atoms with Gasteiger partial charge in [-0.05, 0) is 66.8 Å². The summed E-state index contributed by atoms with van der Waals surface area (Å²) in [5.74, 6) is 0.230. The Morgan fingerprint density at radius 1 is 1.04 bits per heavy atom. The van der Waals surface area contributed by atoms with Gasteiger partial charge in [-0.1, -0.05) is 25.1 Å². The van der Waals surface area contributed by atoms with Gasteiger partial charge in [0.1, 0.15) is 5.75 Å². The zero-order valence-corrected chi connectivity index (χ0v) is 16.9. The molecule has 0 saturated heterocycles. The van der Waals surface area contributed by atoms with Crippen LogP contribution in [0.4, 0.5) is 0 Å². The molecular weight excluding hydrogens is 376 g/mol. The number of benzene rings is 2. The van der Waals surface area contributed by atoms with Gasteiger partial charge in [-0.2, -0.15) is 0 Å². The lowest BCUT2D eigenvalue weighted by molar-refractivity contribution is -0.138. The van der Waals surface area contributed by atoms with Crippen LogP contribution in [-0.2, 0) is 19.4 Å². The van der Waals surface area contributed by atoms with Gasteiger partial charge >= 0.3 is 5.97 Å². The number of esters is 1. The van der Waals surface area contributed by atoms with Gasteiger partial charge in [-0.25, -0.2) is 13.2 Å². The van der Waals surface area contributed by atoms with Crippen molar-refractivity contribution in [3.8, 4) is 16.9 Å². The third-order valence-electron chi connectivity index (χ3n) is 4.51. The highest BCUT2D eigenvalue weighted by atomic mass is 32.2. The van der Waals surface area contributed by atoms with E-state index in [4.69, 9.17) is 9.47 Å². The Balaban J connectivity index is 1.99. The first kappa shape index (κ1) is 20.1. The lowest BCUT2D eigenvalue weighted by Gasteiger charge is -2.09. The molecule has 0 spiro atoms.